The molecular formula is C17H12N4O4S. The smallest absolute Gasteiger partial charge is 0.283 e. The molecule has 8 nitrogen and oxygen atoms in total. The van der Waals surface area contributed by atoms with Gasteiger partial charge in [0.15, 0.2) is 11.3 Å². The maximum absolute atomic E-state index is 12.6. The van der Waals surface area contributed by atoms with Crippen LogP contribution < -0.4 is 5.43 Å². The summed E-state index contributed by atoms with van der Waals surface area (Å²) in [6.45, 7) is 1.92. The van der Waals surface area contributed by atoms with E-state index in [2.05, 4.69) is 10.1 Å². The molecule has 0 saturated carbocycles. The number of phenolic OH excluding ortho intramolecular Hbond substituents is 1. The minimum Gasteiger partial charge on any atom is -0.508 e. The van der Waals surface area contributed by atoms with E-state index in [9.17, 15) is 14.7 Å². The highest BCUT2D eigenvalue weighted by Gasteiger charge is 2.35. The fraction of sp³-hybridized carbons (Fsp3) is 0.118. The topological polar surface area (TPSA) is 119 Å². The van der Waals surface area contributed by atoms with Crippen molar-refractivity contribution in [1.29, 1.82) is 5.41 Å². The lowest BCUT2D eigenvalue weighted by Crippen LogP contribution is -2.35. The molecule has 130 valence electrons. The number of amides is 1. The molecular weight excluding hydrogens is 356 g/mol. The molecule has 1 amide bonds. The van der Waals surface area contributed by atoms with Crippen molar-refractivity contribution in [2.75, 3.05) is 0 Å². The van der Waals surface area contributed by atoms with E-state index in [1.165, 1.54) is 47.3 Å². The number of hydrogen-bond donors (Lipinski definition) is 2. The average molecular weight is 368 g/mol. The number of carbonyl (C=O) groups is 1. The van der Waals surface area contributed by atoms with Crippen LogP contribution in [0.25, 0.3) is 17.0 Å². The molecule has 0 aliphatic carbocycles. The number of aliphatic imine (C=N–C) groups is 1. The quantitative estimate of drug-likeness (QED) is 0.786. The Kier molecular flexibility index (Phi) is 3.73. The van der Waals surface area contributed by atoms with Gasteiger partial charge in [-0.15, -0.1) is 0 Å². The molecule has 0 saturated heterocycles. The Morgan fingerprint density at radius 3 is 2.96 bits per heavy atom. The van der Waals surface area contributed by atoms with Crippen molar-refractivity contribution in [2.24, 2.45) is 10.1 Å². The number of rotatable bonds is 2. The second kappa shape index (κ2) is 5.95. The molecule has 0 fully saturated rings. The number of nitrogens with zero attached hydrogens (tertiary/aromatic N) is 3. The van der Waals surface area contributed by atoms with Crippen molar-refractivity contribution in [3.63, 3.8) is 0 Å². The number of hydrogen-bond acceptors (Lipinski definition) is 7. The van der Waals surface area contributed by atoms with Gasteiger partial charge in [-0.3, -0.25) is 15.0 Å². The second-order valence-corrected chi connectivity index (χ2v) is 6.61. The summed E-state index contributed by atoms with van der Waals surface area (Å²) < 4.78 is 5.39. The Hall–Kier alpha value is -3.20. The van der Waals surface area contributed by atoms with Gasteiger partial charge in [-0.05, 0) is 42.5 Å². The highest BCUT2D eigenvalue weighted by molar-refractivity contribution is 8.26. The standard InChI is InChI=1S/C17H12N4O4S/c1-2-13-20-21-15(18)11(16(24)19-17(21)26-13)5-8-7-25-12-4-3-9(22)6-10(12)14(8)23/h3-7,18,22H,2H2,1H3. The monoisotopic (exact) mass is 368 g/mol. The van der Waals surface area contributed by atoms with E-state index in [4.69, 9.17) is 9.83 Å². The molecule has 2 aliphatic rings. The third kappa shape index (κ3) is 2.53. The zero-order valence-electron chi connectivity index (χ0n) is 13.5. The molecule has 0 bridgehead atoms. The number of amidine groups is 2. The van der Waals surface area contributed by atoms with Crippen LogP contribution in [0.3, 0.4) is 0 Å². The number of benzene rings is 1. The fourth-order valence-electron chi connectivity index (χ4n) is 2.56. The van der Waals surface area contributed by atoms with Crippen LogP contribution in [0.4, 0.5) is 0 Å². The molecule has 1 aromatic carbocycles. The van der Waals surface area contributed by atoms with E-state index >= 15 is 0 Å². The minimum absolute atomic E-state index is 0.0535. The van der Waals surface area contributed by atoms with Crippen LogP contribution in [-0.4, -0.2) is 32.1 Å². The number of carbonyl (C=O) groups excluding carboxylic acids is 1. The first kappa shape index (κ1) is 16.3. The Balaban J connectivity index is 1.82. The predicted octanol–water partition coefficient (Wildman–Crippen LogP) is 2.53. The van der Waals surface area contributed by atoms with Gasteiger partial charge in [-0.1, -0.05) is 6.92 Å². The zero-order chi connectivity index (χ0) is 18.4. The van der Waals surface area contributed by atoms with Crippen LogP contribution in [0.15, 0.2) is 49.3 Å². The average Bonchev–Trinajstić information content (AvgIpc) is 3.04. The summed E-state index contributed by atoms with van der Waals surface area (Å²) >= 11 is 1.25. The normalized spacial score (nSPS) is 18.3. The van der Waals surface area contributed by atoms with Crippen molar-refractivity contribution in [1.82, 2.24) is 5.01 Å². The molecule has 26 heavy (non-hydrogen) atoms. The summed E-state index contributed by atoms with van der Waals surface area (Å²) in [5, 5.41) is 24.6. The van der Waals surface area contributed by atoms with Crippen LogP contribution in [-0.2, 0) is 4.79 Å². The number of phenols is 1. The molecule has 3 heterocycles. The minimum atomic E-state index is -0.614. The molecule has 4 rings (SSSR count). The highest BCUT2D eigenvalue weighted by Crippen LogP contribution is 2.29. The third-order valence-corrected chi connectivity index (χ3v) is 4.93. The maximum Gasteiger partial charge on any atom is 0.283 e. The lowest BCUT2D eigenvalue weighted by atomic mass is 10.1. The maximum atomic E-state index is 12.6. The Bertz CT molecular complexity index is 1130. The summed E-state index contributed by atoms with van der Waals surface area (Å²) in [5.74, 6) is -0.830. The number of hydrazone groups is 1. The van der Waals surface area contributed by atoms with Crippen LogP contribution in [0.1, 0.15) is 18.9 Å². The van der Waals surface area contributed by atoms with Crippen molar-refractivity contribution >= 4 is 50.8 Å². The predicted molar refractivity (Wildman–Crippen MR) is 99.5 cm³/mol. The first-order valence-electron chi connectivity index (χ1n) is 7.71. The largest absolute Gasteiger partial charge is 0.508 e. The number of thioether (sulfide) groups is 1. The van der Waals surface area contributed by atoms with E-state index < -0.39 is 11.3 Å². The number of fused-ring (bicyclic) bond motifs is 2. The van der Waals surface area contributed by atoms with Gasteiger partial charge < -0.3 is 9.52 Å². The van der Waals surface area contributed by atoms with Gasteiger partial charge in [-0.2, -0.15) is 15.1 Å². The van der Waals surface area contributed by atoms with E-state index in [0.717, 1.165) is 5.04 Å². The molecule has 2 aromatic rings. The van der Waals surface area contributed by atoms with Crippen molar-refractivity contribution in [2.45, 2.75) is 13.3 Å². The summed E-state index contributed by atoms with van der Waals surface area (Å²) in [5.41, 5.74) is -0.0735. The molecule has 2 N–H and O–H groups in total. The number of aromatic hydroxyl groups is 1. The van der Waals surface area contributed by atoms with Gasteiger partial charge in [0.1, 0.15) is 22.6 Å². The zero-order valence-corrected chi connectivity index (χ0v) is 14.3. The van der Waals surface area contributed by atoms with Gasteiger partial charge in [0.2, 0.25) is 5.17 Å². The van der Waals surface area contributed by atoms with Gasteiger partial charge in [0, 0.05) is 0 Å². The van der Waals surface area contributed by atoms with E-state index in [1.807, 2.05) is 6.92 Å². The van der Waals surface area contributed by atoms with Crippen molar-refractivity contribution in [3.05, 3.63) is 45.8 Å². The lowest BCUT2D eigenvalue weighted by molar-refractivity contribution is -0.114. The van der Waals surface area contributed by atoms with Gasteiger partial charge in [-0.25, -0.2) is 0 Å². The Morgan fingerprint density at radius 1 is 1.38 bits per heavy atom. The van der Waals surface area contributed by atoms with Crippen LogP contribution in [0, 0.1) is 5.41 Å². The molecule has 0 unspecified atom stereocenters. The van der Waals surface area contributed by atoms with Crippen LogP contribution in [0.5, 0.6) is 5.75 Å². The Labute approximate surface area is 151 Å². The fourth-order valence-corrected chi connectivity index (χ4v) is 3.39. The van der Waals surface area contributed by atoms with Crippen LogP contribution in [0.2, 0.25) is 0 Å². The molecule has 0 radical (unpaired) electrons. The molecule has 1 aromatic heterocycles. The molecule has 2 aliphatic heterocycles. The van der Waals surface area contributed by atoms with E-state index in [1.54, 1.807) is 0 Å². The summed E-state index contributed by atoms with van der Waals surface area (Å²) in [7, 11) is 0. The summed E-state index contributed by atoms with van der Waals surface area (Å²) in [6.07, 6.45) is 3.15. The van der Waals surface area contributed by atoms with Gasteiger partial charge >= 0.3 is 0 Å². The van der Waals surface area contributed by atoms with Crippen LogP contribution >= 0.6 is 11.8 Å². The molecule has 0 atom stereocenters. The first-order valence-corrected chi connectivity index (χ1v) is 8.53. The van der Waals surface area contributed by atoms with Gasteiger partial charge in [0.25, 0.3) is 5.91 Å². The Morgan fingerprint density at radius 2 is 2.19 bits per heavy atom. The number of nitrogens with one attached hydrogen (secondary N) is 1. The van der Waals surface area contributed by atoms with Gasteiger partial charge in [0.05, 0.1) is 16.5 Å². The third-order valence-electron chi connectivity index (χ3n) is 3.88. The molecule has 9 heteroatoms. The second-order valence-electron chi connectivity index (χ2n) is 5.57. The summed E-state index contributed by atoms with van der Waals surface area (Å²) in [4.78, 5) is 28.9. The highest BCUT2D eigenvalue weighted by atomic mass is 32.2. The lowest BCUT2D eigenvalue weighted by Gasteiger charge is -2.20. The van der Waals surface area contributed by atoms with Crippen molar-refractivity contribution in [3.8, 4) is 5.75 Å². The summed E-state index contributed by atoms with van der Waals surface area (Å²) in [6, 6.07) is 4.19. The molecule has 0 spiro atoms. The van der Waals surface area contributed by atoms with E-state index in [-0.39, 0.29) is 28.1 Å². The SMILES string of the molecule is CCC1=NN2C(=N)C(=Cc3coc4ccc(O)cc4c3=O)C(=O)N=C2S1. The van der Waals surface area contributed by atoms with E-state index in [0.29, 0.717) is 17.2 Å². The first-order chi connectivity index (χ1) is 12.5. The van der Waals surface area contributed by atoms with Crippen molar-refractivity contribution < 1.29 is 14.3 Å².